The molecule has 0 aliphatic heterocycles. The van der Waals surface area contributed by atoms with Crippen molar-refractivity contribution in [3.05, 3.63) is 50.9 Å². The molecule has 0 saturated heterocycles. The molecule has 186 valence electrons. The Morgan fingerprint density at radius 2 is 1.80 bits per heavy atom. The van der Waals surface area contributed by atoms with Gasteiger partial charge in [-0.25, -0.2) is 4.79 Å². The number of halogens is 1. The summed E-state index contributed by atoms with van der Waals surface area (Å²) in [5.74, 6) is -1.47. The second kappa shape index (κ2) is 9.28. The van der Waals surface area contributed by atoms with Crippen LogP contribution in [0.3, 0.4) is 0 Å². The predicted molar refractivity (Wildman–Crippen MR) is 132 cm³/mol. The quantitative estimate of drug-likeness (QED) is 0.430. The molecule has 8 nitrogen and oxygen atoms in total. The molecule has 1 saturated carbocycles. The highest BCUT2D eigenvalue weighted by molar-refractivity contribution is 7.17. The SMILES string of the molecule is COC(=O)C1Cc2sc(NC(=O)C3(NC(=O)OC(C)(C)C)CC3)c(C(=O)c3ccccc3Cl)c2C1. The van der Waals surface area contributed by atoms with Gasteiger partial charge in [-0.3, -0.25) is 14.4 Å². The lowest BCUT2D eigenvalue weighted by Gasteiger charge is -2.23. The zero-order valence-electron chi connectivity index (χ0n) is 20.0. The van der Waals surface area contributed by atoms with E-state index in [0.717, 1.165) is 10.4 Å². The minimum atomic E-state index is -1.09. The summed E-state index contributed by atoms with van der Waals surface area (Å²) in [4.78, 5) is 52.1. The van der Waals surface area contributed by atoms with Gasteiger partial charge in [0.05, 0.1) is 23.6 Å². The van der Waals surface area contributed by atoms with Crippen molar-refractivity contribution in [1.29, 1.82) is 0 Å². The van der Waals surface area contributed by atoms with E-state index in [1.807, 2.05) is 0 Å². The standard InChI is InChI=1S/C25H27ClN2O6S/c1-24(2,3)34-23(32)28-25(9-10-25)22(31)27-20-18(19(29)14-7-5-6-8-16(14)26)15-11-13(21(30)33-4)12-17(15)35-20/h5-8,13H,9-12H2,1-4H3,(H,27,31)(H,28,32). The largest absolute Gasteiger partial charge is 0.469 e. The first-order valence-electron chi connectivity index (χ1n) is 11.3. The average molecular weight is 519 g/mol. The molecule has 0 bridgehead atoms. The summed E-state index contributed by atoms with van der Waals surface area (Å²) in [5.41, 5.74) is -0.437. The van der Waals surface area contributed by atoms with E-state index < -0.39 is 23.1 Å². The molecule has 10 heteroatoms. The molecule has 1 fully saturated rings. The topological polar surface area (TPSA) is 111 Å². The van der Waals surface area contributed by atoms with Crippen molar-refractivity contribution in [2.75, 3.05) is 12.4 Å². The van der Waals surface area contributed by atoms with Crippen LogP contribution in [0.15, 0.2) is 24.3 Å². The highest BCUT2D eigenvalue weighted by Gasteiger charge is 2.52. The van der Waals surface area contributed by atoms with Gasteiger partial charge in [0, 0.05) is 10.4 Å². The third-order valence-corrected chi connectivity index (χ3v) is 7.50. The fraction of sp³-hybridized carbons (Fsp3) is 0.440. The fourth-order valence-corrected chi connectivity index (χ4v) is 5.66. The van der Waals surface area contributed by atoms with E-state index >= 15 is 0 Å². The van der Waals surface area contributed by atoms with E-state index in [-0.39, 0.29) is 17.7 Å². The van der Waals surface area contributed by atoms with Crippen LogP contribution in [-0.2, 0) is 31.9 Å². The molecule has 1 aromatic carbocycles. The van der Waals surface area contributed by atoms with Crippen LogP contribution in [0, 0.1) is 5.92 Å². The number of amides is 2. The van der Waals surface area contributed by atoms with Crippen LogP contribution in [0.25, 0.3) is 0 Å². The Morgan fingerprint density at radius 3 is 2.40 bits per heavy atom. The van der Waals surface area contributed by atoms with E-state index in [2.05, 4.69) is 10.6 Å². The van der Waals surface area contributed by atoms with Crippen molar-refractivity contribution >= 4 is 51.7 Å². The van der Waals surface area contributed by atoms with Gasteiger partial charge in [-0.05, 0) is 64.2 Å². The van der Waals surface area contributed by atoms with Crippen molar-refractivity contribution in [2.24, 2.45) is 5.92 Å². The van der Waals surface area contributed by atoms with Gasteiger partial charge in [0.15, 0.2) is 5.78 Å². The Morgan fingerprint density at radius 1 is 1.11 bits per heavy atom. The lowest BCUT2D eigenvalue weighted by Crippen LogP contribution is -2.47. The minimum absolute atomic E-state index is 0.294. The van der Waals surface area contributed by atoms with Crippen LogP contribution < -0.4 is 10.6 Å². The van der Waals surface area contributed by atoms with E-state index in [1.165, 1.54) is 18.4 Å². The Kier molecular flexibility index (Phi) is 6.68. The van der Waals surface area contributed by atoms with E-state index in [1.54, 1.807) is 45.0 Å². The van der Waals surface area contributed by atoms with Gasteiger partial charge in [0.25, 0.3) is 5.91 Å². The number of anilines is 1. The first-order chi connectivity index (χ1) is 16.4. The summed E-state index contributed by atoms with van der Waals surface area (Å²) < 4.78 is 10.2. The van der Waals surface area contributed by atoms with Crippen LogP contribution in [0.2, 0.25) is 5.02 Å². The van der Waals surface area contributed by atoms with Gasteiger partial charge in [-0.2, -0.15) is 0 Å². The zero-order valence-corrected chi connectivity index (χ0v) is 21.5. The van der Waals surface area contributed by atoms with Crippen LogP contribution in [0.5, 0.6) is 0 Å². The van der Waals surface area contributed by atoms with Crippen molar-refractivity contribution in [2.45, 2.75) is 57.6 Å². The Bertz CT molecular complexity index is 1210. The molecule has 35 heavy (non-hydrogen) atoms. The normalized spacial score (nSPS) is 17.8. The number of hydrogen-bond donors (Lipinski definition) is 2. The van der Waals surface area contributed by atoms with Gasteiger partial charge in [-0.1, -0.05) is 23.7 Å². The summed E-state index contributed by atoms with van der Waals surface area (Å²) in [6.45, 7) is 5.23. The fourth-order valence-electron chi connectivity index (χ4n) is 4.13. The number of thiophene rings is 1. The molecular weight excluding hydrogens is 492 g/mol. The van der Waals surface area contributed by atoms with Crippen molar-refractivity contribution in [1.82, 2.24) is 5.32 Å². The number of carbonyl (C=O) groups excluding carboxylic acids is 4. The molecule has 2 aliphatic rings. The first-order valence-corrected chi connectivity index (χ1v) is 12.5. The number of alkyl carbamates (subject to hydrolysis) is 1. The number of methoxy groups -OCH3 is 1. The number of carbonyl (C=O) groups is 4. The average Bonchev–Trinajstić information content (AvgIpc) is 3.31. The summed E-state index contributed by atoms with van der Waals surface area (Å²) >= 11 is 7.56. The van der Waals surface area contributed by atoms with Gasteiger partial charge in [0.1, 0.15) is 16.1 Å². The summed E-state index contributed by atoms with van der Waals surface area (Å²) in [6, 6.07) is 6.69. The van der Waals surface area contributed by atoms with E-state index in [0.29, 0.717) is 46.8 Å². The van der Waals surface area contributed by atoms with Crippen LogP contribution in [0.4, 0.5) is 9.80 Å². The third-order valence-electron chi connectivity index (χ3n) is 6.01. The van der Waals surface area contributed by atoms with Gasteiger partial charge < -0.3 is 20.1 Å². The molecule has 1 aromatic heterocycles. The monoisotopic (exact) mass is 518 g/mol. The first kappa shape index (κ1) is 25.2. The van der Waals surface area contributed by atoms with Crippen molar-refractivity contribution < 1.29 is 28.7 Å². The van der Waals surface area contributed by atoms with E-state index in [9.17, 15) is 19.2 Å². The molecule has 1 atom stereocenters. The highest BCUT2D eigenvalue weighted by atomic mass is 35.5. The maximum atomic E-state index is 13.6. The molecule has 2 aromatic rings. The zero-order chi connectivity index (χ0) is 25.5. The lowest BCUT2D eigenvalue weighted by atomic mass is 9.98. The molecular formula is C25H27ClN2O6S. The molecule has 2 aliphatic carbocycles. The molecule has 2 amide bonds. The highest BCUT2D eigenvalue weighted by Crippen LogP contribution is 2.44. The number of ketones is 1. The number of benzene rings is 1. The maximum absolute atomic E-state index is 13.6. The van der Waals surface area contributed by atoms with Crippen LogP contribution in [-0.4, -0.2) is 42.0 Å². The van der Waals surface area contributed by atoms with Crippen LogP contribution >= 0.6 is 22.9 Å². The van der Waals surface area contributed by atoms with Gasteiger partial charge in [-0.15, -0.1) is 11.3 Å². The molecule has 0 spiro atoms. The Balaban J connectivity index is 1.63. The molecule has 2 N–H and O–H groups in total. The van der Waals surface area contributed by atoms with Gasteiger partial charge in [0.2, 0.25) is 0 Å². The number of ether oxygens (including phenoxy) is 2. The third kappa shape index (κ3) is 5.21. The number of esters is 1. The smallest absolute Gasteiger partial charge is 0.408 e. The lowest BCUT2D eigenvalue weighted by molar-refractivity contribution is -0.145. The molecule has 1 unspecified atom stereocenters. The van der Waals surface area contributed by atoms with Gasteiger partial charge >= 0.3 is 12.1 Å². The van der Waals surface area contributed by atoms with E-state index in [4.69, 9.17) is 21.1 Å². The summed E-state index contributed by atoms with van der Waals surface area (Å²) in [5, 5.41) is 6.22. The Labute approximate surface area is 212 Å². The molecule has 4 rings (SSSR count). The second-order valence-corrected chi connectivity index (χ2v) is 11.3. The van der Waals surface area contributed by atoms with Crippen LogP contribution in [0.1, 0.15) is 60.0 Å². The number of hydrogen-bond acceptors (Lipinski definition) is 7. The summed E-state index contributed by atoms with van der Waals surface area (Å²) in [6.07, 6.45) is 1.00. The molecule has 1 heterocycles. The van der Waals surface area contributed by atoms with Crippen molar-refractivity contribution in [3.8, 4) is 0 Å². The minimum Gasteiger partial charge on any atom is -0.469 e. The second-order valence-electron chi connectivity index (χ2n) is 9.81. The predicted octanol–water partition coefficient (Wildman–Crippen LogP) is 4.52. The number of nitrogens with one attached hydrogen (secondary N) is 2. The van der Waals surface area contributed by atoms with Crippen molar-refractivity contribution in [3.63, 3.8) is 0 Å². The number of rotatable bonds is 6. The summed E-state index contributed by atoms with van der Waals surface area (Å²) in [7, 11) is 1.34. The Hall–Kier alpha value is -2.91. The number of fused-ring (bicyclic) bond motifs is 1. The molecule has 0 radical (unpaired) electrons. The maximum Gasteiger partial charge on any atom is 0.408 e.